The summed E-state index contributed by atoms with van der Waals surface area (Å²) in [6.07, 6.45) is 0. The topological polar surface area (TPSA) is 9.23 Å². The van der Waals surface area contributed by atoms with Crippen LogP contribution in [0, 0.1) is 6.92 Å². The molecule has 1 nitrogen and oxygen atoms in total. The molecular formula is C13H19Br3OSi. The minimum atomic E-state index is -1.82. The van der Waals surface area contributed by atoms with Crippen molar-refractivity contribution in [2.24, 2.45) is 0 Å². The Morgan fingerprint density at radius 1 is 1.06 bits per heavy atom. The zero-order valence-electron chi connectivity index (χ0n) is 11.6. The van der Waals surface area contributed by atoms with E-state index in [1.807, 2.05) is 6.07 Å². The van der Waals surface area contributed by atoms with Crippen LogP contribution in [0.1, 0.15) is 26.3 Å². The average Bonchev–Trinajstić information content (AvgIpc) is 2.20. The van der Waals surface area contributed by atoms with E-state index >= 15 is 0 Å². The van der Waals surface area contributed by atoms with Crippen LogP contribution in [0.3, 0.4) is 0 Å². The van der Waals surface area contributed by atoms with Crippen molar-refractivity contribution >= 4 is 56.1 Å². The zero-order chi connectivity index (χ0) is 14.3. The van der Waals surface area contributed by atoms with Gasteiger partial charge in [0.05, 0.1) is 8.95 Å². The van der Waals surface area contributed by atoms with Crippen LogP contribution in [0.2, 0.25) is 18.1 Å². The molecule has 0 radical (unpaired) electrons. The molecule has 102 valence electrons. The smallest absolute Gasteiger partial charge is 0.250 e. The molecule has 0 spiro atoms. The second-order valence-corrected chi connectivity index (χ2v) is 13.2. The Kier molecular flexibility index (Phi) is 5.19. The third-order valence-corrected chi connectivity index (χ3v) is 10.2. The summed E-state index contributed by atoms with van der Waals surface area (Å²) in [6, 6.07) is 2.04. The highest BCUT2D eigenvalue weighted by Crippen LogP contribution is 2.44. The normalized spacial score (nSPS) is 12.7. The van der Waals surface area contributed by atoms with Gasteiger partial charge in [-0.3, -0.25) is 0 Å². The van der Waals surface area contributed by atoms with E-state index < -0.39 is 8.32 Å². The molecule has 18 heavy (non-hydrogen) atoms. The predicted octanol–water partition coefficient (Wildman–Crippen LogP) is 6.67. The van der Waals surface area contributed by atoms with Crippen LogP contribution in [0.15, 0.2) is 19.5 Å². The number of hydrogen-bond donors (Lipinski definition) is 0. The van der Waals surface area contributed by atoms with E-state index in [9.17, 15) is 0 Å². The molecule has 0 saturated carbocycles. The molecule has 0 fully saturated rings. The van der Waals surface area contributed by atoms with Crippen molar-refractivity contribution in [2.75, 3.05) is 0 Å². The lowest BCUT2D eigenvalue weighted by Gasteiger charge is -2.37. The van der Waals surface area contributed by atoms with Gasteiger partial charge in [0.15, 0.2) is 0 Å². The molecule has 1 aromatic carbocycles. The Hall–Kier alpha value is 0.677. The van der Waals surface area contributed by atoms with Crippen LogP contribution in [0.4, 0.5) is 0 Å². The quantitative estimate of drug-likeness (QED) is 0.450. The fourth-order valence-corrected chi connectivity index (χ4v) is 4.78. The first-order valence-electron chi connectivity index (χ1n) is 5.80. The fraction of sp³-hybridized carbons (Fsp3) is 0.538. The molecule has 5 heteroatoms. The first kappa shape index (κ1) is 16.7. The van der Waals surface area contributed by atoms with E-state index in [0.717, 1.165) is 24.7 Å². The van der Waals surface area contributed by atoms with Crippen molar-refractivity contribution in [2.45, 2.75) is 45.8 Å². The van der Waals surface area contributed by atoms with Crippen LogP contribution in [0.25, 0.3) is 0 Å². The Morgan fingerprint density at radius 2 is 1.56 bits per heavy atom. The lowest BCUT2D eigenvalue weighted by atomic mass is 10.2. The summed E-state index contributed by atoms with van der Waals surface area (Å²) in [6.45, 7) is 13.3. The summed E-state index contributed by atoms with van der Waals surface area (Å²) in [7, 11) is -1.82. The van der Waals surface area contributed by atoms with Crippen molar-refractivity contribution < 1.29 is 4.43 Å². The molecule has 0 aliphatic carbocycles. The Morgan fingerprint density at radius 3 is 2.00 bits per heavy atom. The third-order valence-electron chi connectivity index (χ3n) is 3.52. The highest BCUT2D eigenvalue weighted by atomic mass is 79.9. The lowest BCUT2D eigenvalue weighted by molar-refractivity contribution is 0.487. The summed E-state index contributed by atoms with van der Waals surface area (Å²) in [5.41, 5.74) is 1.16. The SMILES string of the molecule is Cc1c(Br)cc(Br)c(O[Si](C)(C)C(C)(C)C)c1Br. The highest BCUT2D eigenvalue weighted by Gasteiger charge is 2.39. The van der Waals surface area contributed by atoms with Crippen LogP contribution < -0.4 is 4.43 Å². The third kappa shape index (κ3) is 3.41. The van der Waals surface area contributed by atoms with Crippen LogP contribution in [0.5, 0.6) is 5.75 Å². The zero-order valence-corrected chi connectivity index (χ0v) is 17.4. The van der Waals surface area contributed by atoms with Gasteiger partial charge in [-0.25, -0.2) is 0 Å². The minimum Gasteiger partial charge on any atom is -0.542 e. The first-order valence-corrected chi connectivity index (χ1v) is 11.1. The van der Waals surface area contributed by atoms with Crippen molar-refractivity contribution in [3.05, 3.63) is 25.0 Å². The number of benzene rings is 1. The lowest BCUT2D eigenvalue weighted by Crippen LogP contribution is -2.44. The maximum Gasteiger partial charge on any atom is 0.250 e. The van der Waals surface area contributed by atoms with Crippen LogP contribution >= 0.6 is 47.8 Å². The van der Waals surface area contributed by atoms with Crippen LogP contribution in [-0.4, -0.2) is 8.32 Å². The number of hydrogen-bond acceptors (Lipinski definition) is 1. The van der Waals surface area contributed by atoms with E-state index in [-0.39, 0.29) is 5.04 Å². The highest BCUT2D eigenvalue weighted by molar-refractivity contribution is 9.11. The van der Waals surface area contributed by atoms with Gasteiger partial charge < -0.3 is 4.43 Å². The van der Waals surface area contributed by atoms with Gasteiger partial charge >= 0.3 is 0 Å². The van der Waals surface area contributed by atoms with Crippen molar-refractivity contribution in [3.63, 3.8) is 0 Å². The summed E-state index contributed by atoms with van der Waals surface area (Å²) in [5, 5.41) is 0.187. The van der Waals surface area contributed by atoms with Gasteiger partial charge in [0.1, 0.15) is 5.75 Å². The Bertz CT molecular complexity index is 464. The fourth-order valence-electron chi connectivity index (χ4n) is 1.17. The molecule has 0 unspecified atom stereocenters. The van der Waals surface area contributed by atoms with Crippen molar-refractivity contribution in [1.29, 1.82) is 0 Å². The molecule has 0 saturated heterocycles. The second kappa shape index (κ2) is 5.58. The first-order chi connectivity index (χ1) is 7.97. The van der Waals surface area contributed by atoms with Gasteiger partial charge in [-0.05, 0) is 68.5 Å². The van der Waals surface area contributed by atoms with Gasteiger partial charge in [-0.2, -0.15) is 0 Å². The Balaban J connectivity index is 3.25. The molecule has 0 N–H and O–H groups in total. The molecule has 0 amide bonds. The van der Waals surface area contributed by atoms with Gasteiger partial charge in [-0.1, -0.05) is 36.7 Å². The number of halogens is 3. The minimum absolute atomic E-state index is 0.187. The number of rotatable bonds is 2. The molecule has 0 aliphatic heterocycles. The largest absolute Gasteiger partial charge is 0.542 e. The molecule has 1 rings (SSSR count). The Labute approximate surface area is 136 Å². The van der Waals surface area contributed by atoms with Gasteiger partial charge in [-0.15, -0.1) is 0 Å². The van der Waals surface area contributed by atoms with E-state index in [1.165, 1.54) is 0 Å². The van der Waals surface area contributed by atoms with E-state index in [0.29, 0.717) is 0 Å². The summed E-state index contributed by atoms with van der Waals surface area (Å²) in [4.78, 5) is 0. The second-order valence-electron chi connectivity index (χ2n) is 5.97. The van der Waals surface area contributed by atoms with Gasteiger partial charge in [0, 0.05) is 4.47 Å². The summed E-state index contributed by atoms with van der Waals surface area (Å²) < 4.78 is 9.47. The molecule has 0 aromatic heterocycles. The van der Waals surface area contributed by atoms with E-state index in [2.05, 4.69) is 88.6 Å². The molecule has 1 aromatic rings. The molecule has 0 aliphatic rings. The van der Waals surface area contributed by atoms with Crippen molar-refractivity contribution in [1.82, 2.24) is 0 Å². The van der Waals surface area contributed by atoms with E-state index in [4.69, 9.17) is 4.43 Å². The van der Waals surface area contributed by atoms with Crippen LogP contribution in [-0.2, 0) is 0 Å². The average molecular weight is 459 g/mol. The predicted molar refractivity (Wildman–Crippen MR) is 92.1 cm³/mol. The molecule has 0 atom stereocenters. The van der Waals surface area contributed by atoms with Gasteiger partial charge in [0.25, 0.3) is 8.32 Å². The van der Waals surface area contributed by atoms with Gasteiger partial charge in [0.2, 0.25) is 0 Å². The van der Waals surface area contributed by atoms with Crippen molar-refractivity contribution in [3.8, 4) is 5.75 Å². The molecule has 0 heterocycles. The van der Waals surface area contributed by atoms with E-state index in [1.54, 1.807) is 0 Å². The summed E-state index contributed by atoms with van der Waals surface area (Å²) in [5.74, 6) is 0.919. The summed E-state index contributed by atoms with van der Waals surface area (Å²) >= 11 is 10.8. The molecule has 0 bridgehead atoms. The maximum atomic E-state index is 6.39. The monoisotopic (exact) mass is 456 g/mol. The standard InChI is InChI=1S/C13H19Br3OSi/c1-8-9(14)7-10(15)12(11(8)16)17-18(5,6)13(2,3)4/h7H,1-6H3. The molecular weight excluding hydrogens is 440 g/mol. The maximum absolute atomic E-state index is 6.39.